The van der Waals surface area contributed by atoms with Crippen molar-refractivity contribution in [3.8, 4) is 11.5 Å². The first-order valence-corrected chi connectivity index (χ1v) is 14.9. The number of rotatable bonds is 9. The van der Waals surface area contributed by atoms with Crippen molar-refractivity contribution in [2.24, 2.45) is 4.99 Å². The maximum atomic E-state index is 14.0. The van der Waals surface area contributed by atoms with E-state index in [-0.39, 0.29) is 11.7 Å². The molecule has 0 spiro atoms. The summed E-state index contributed by atoms with van der Waals surface area (Å²) in [6.45, 7) is 8.13. The SMILES string of the molecule is CCOc1ccc([C@H]2C(C(=O)OC(C)C)=C(C)N=c3s/c(=C/c4ccccc4OCc4cccc(Cl)c4)c(=O)n32)cc1. The number of hydrogen-bond acceptors (Lipinski definition) is 7. The van der Waals surface area contributed by atoms with Gasteiger partial charge >= 0.3 is 5.97 Å². The van der Waals surface area contributed by atoms with Gasteiger partial charge in [-0.3, -0.25) is 9.36 Å². The molecule has 9 heteroatoms. The summed E-state index contributed by atoms with van der Waals surface area (Å²) in [5.74, 6) is 0.831. The van der Waals surface area contributed by atoms with E-state index in [1.54, 1.807) is 31.4 Å². The molecule has 0 saturated heterocycles. The Morgan fingerprint density at radius 1 is 1.07 bits per heavy atom. The van der Waals surface area contributed by atoms with Gasteiger partial charge in [0.2, 0.25) is 0 Å². The van der Waals surface area contributed by atoms with Crippen LogP contribution in [0.4, 0.5) is 0 Å². The Labute approximate surface area is 253 Å². The van der Waals surface area contributed by atoms with Crippen LogP contribution in [0, 0.1) is 0 Å². The molecule has 5 rings (SSSR count). The van der Waals surface area contributed by atoms with E-state index in [9.17, 15) is 9.59 Å². The molecule has 1 aliphatic rings. The number of benzene rings is 3. The Bertz CT molecular complexity index is 1820. The highest BCUT2D eigenvalue weighted by atomic mass is 35.5. The van der Waals surface area contributed by atoms with E-state index >= 15 is 0 Å². The zero-order valence-electron chi connectivity index (χ0n) is 23.8. The van der Waals surface area contributed by atoms with E-state index in [1.165, 1.54) is 11.3 Å². The van der Waals surface area contributed by atoms with Crippen LogP contribution < -0.4 is 24.4 Å². The lowest BCUT2D eigenvalue weighted by molar-refractivity contribution is -0.143. The van der Waals surface area contributed by atoms with E-state index in [2.05, 4.69) is 4.99 Å². The van der Waals surface area contributed by atoms with Gasteiger partial charge in [-0.25, -0.2) is 9.79 Å². The van der Waals surface area contributed by atoms with Gasteiger partial charge in [-0.1, -0.05) is 65.4 Å². The summed E-state index contributed by atoms with van der Waals surface area (Å²) in [7, 11) is 0. The molecule has 0 N–H and O–H groups in total. The highest BCUT2D eigenvalue weighted by Gasteiger charge is 2.33. The Kier molecular flexibility index (Phi) is 8.94. The first-order chi connectivity index (χ1) is 20.2. The van der Waals surface area contributed by atoms with Crippen LogP contribution in [0.5, 0.6) is 11.5 Å². The summed E-state index contributed by atoms with van der Waals surface area (Å²) >= 11 is 7.40. The minimum atomic E-state index is -0.709. The molecule has 0 amide bonds. The molecule has 0 fully saturated rings. The zero-order valence-corrected chi connectivity index (χ0v) is 25.4. The average molecular weight is 603 g/mol. The highest BCUT2D eigenvalue weighted by molar-refractivity contribution is 7.07. The molecule has 7 nitrogen and oxygen atoms in total. The Morgan fingerprint density at radius 2 is 1.83 bits per heavy atom. The van der Waals surface area contributed by atoms with Crippen molar-refractivity contribution in [1.82, 2.24) is 4.57 Å². The second kappa shape index (κ2) is 12.8. The number of carbonyl (C=O) groups is 1. The van der Waals surface area contributed by atoms with Gasteiger partial charge in [0.15, 0.2) is 4.80 Å². The van der Waals surface area contributed by atoms with E-state index < -0.39 is 12.0 Å². The van der Waals surface area contributed by atoms with Crippen LogP contribution in [0.1, 0.15) is 50.4 Å². The molecule has 216 valence electrons. The molecule has 1 atom stereocenters. The molecular weight excluding hydrogens is 572 g/mol. The van der Waals surface area contributed by atoms with Crippen molar-refractivity contribution >= 4 is 35.0 Å². The zero-order chi connectivity index (χ0) is 29.8. The number of ether oxygens (including phenoxy) is 3. The van der Waals surface area contributed by atoms with Gasteiger partial charge < -0.3 is 14.2 Å². The Balaban J connectivity index is 1.59. The second-order valence-corrected chi connectivity index (χ2v) is 11.4. The third-order valence-electron chi connectivity index (χ3n) is 6.58. The van der Waals surface area contributed by atoms with Gasteiger partial charge in [-0.15, -0.1) is 0 Å². The highest BCUT2D eigenvalue weighted by Crippen LogP contribution is 2.32. The standard InChI is InChI=1S/C33H31ClN2O5S/c1-5-39-26-15-13-23(14-16-26)30-29(32(38)41-20(2)3)21(4)35-33-36(30)31(37)28(42-33)18-24-10-6-7-12-27(24)40-19-22-9-8-11-25(34)17-22/h6-18,20,30H,5,19H2,1-4H3/b28-18+/t30-/m0/s1. The van der Waals surface area contributed by atoms with Gasteiger partial charge in [-0.2, -0.15) is 0 Å². The fraction of sp³-hybridized carbons (Fsp3) is 0.242. The van der Waals surface area contributed by atoms with Crippen molar-refractivity contribution in [2.45, 2.75) is 46.4 Å². The largest absolute Gasteiger partial charge is 0.494 e. The third-order valence-corrected chi connectivity index (χ3v) is 7.80. The third kappa shape index (κ3) is 6.35. The van der Waals surface area contributed by atoms with Crippen LogP contribution >= 0.6 is 22.9 Å². The number of aromatic nitrogens is 1. The Hall–Kier alpha value is -4.14. The number of esters is 1. The van der Waals surface area contributed by atoms with E-state index in [4.69, 9.17) is 25.8 Å². The fourth-order valence-electron chi connectivity index (χ4n) is 4.75. The number of carbonyl (C=O) groups excluding carboxylic acids is 1. The molecular formula is C33H31ClN2O5S. The lowest BCUT2D eigenvalue weighted by Crippen LogP contribution is -2.40. The maximum absolute atomic E-state index is 14.0. The van der Waals surface area contributed by atoms with Gasteiger partial charge in [0, 0.05) is 10.6 Å². The van der Waals surface area contributed by atoms with E-state index in [0.717, 1.165) is 16.7 Å². The van der Waals surface area contributed by atoms with Crippen LogP contribution in [-0.2, 0) is 16.1 Å². The van der Waals surface area contributed by atoms with Gasteiger partial charge in [0.25, 0.3) is 5.56 Å². The number of halogens is 1. The van der Waals surface area contributed by atoms with Gasteiger partial charge in [-0.05, 0) is 75.2 Å². The topological polar surface area (TPSA) is 79.1 Å². The smallest absolute Gasteiger partial charge is 0.338 e. The predicted octanol–water partition coefficient (Wildman–Crippen LogP) is 5.82. The normalized spacial score (nSPS) is 14.9. The first-order valence-electron chi connectivity index (χ1n) is 13.7. The van der Waals surface area contributed by atoms with Crippen molar-refractivity contribution in [2.75, 3.05) is 6.61 Å². The molecule has 0 bridgehead atoms. The molecule has 3 aromatic carbocycles. The van der Waals surface area contributed by atoms with Crippen molar-refractivity contribution < 1.29 is 19.0 Å². The maximum Gasteiger partial charge on any atom is 0.338 e. The number of nitrogens with zero attached hydrogens (tertiary/aromatic N) is 2. The molecule has 0 radical (unpaired) electrons. The summed E-state index contributed by atoms with van der Waals surface area (Å²) in [4.78, 5) is 32.5. The molecule has 1 aromatic heterocycles. The minimum Gasteiger partial charge on any atom is -0.494 e. The van der Waals surface area contributed by atoms with Gasteiger partial charge in [0.1, 0.15) is 18.1 Å². The van der Waals surface area contributed by atoms with Crippen molar-refractivity contribution in [1.29, 1.82) is 0 Å². The number of hydrogen-bond donors (Lipinski definition) is 0. The van der Waals surface area contributed by atoms with Crippen molar-refractivity contribution in [3.63, 3.8) is 0 Å². The van der Waals surface area contributed by atoms with Crippen LogP contribution in [0.3, 0.4) is 0 Å². The molecule has 0 saturated carbocycles. The second-order valence-electron chi connectivity index (χ2n) is 9.99. The molecule has 42 heavy (non-hydrogen) atoms. The lowest BCUT2D eigenvalue weighted by atomic mass is 9.96. The monoisotopic (exact) mass is 602 g/mol. The summed E-state index contributed by atoms with van der Waals surface area (Å²) in [6.07, 6.45) is 1.48. The molecule has 0 aliphatic carbocycles. The summed E-state index contributed by atoms with van der Waals surface area (Å²) in [5.41, 5.74) is 3.02. The number of fused-ring (bicyclic) bond motifs is 1. The van der Waals surface area contributed by atoms with Crippen LogP contribution in [0.2, 0.25) is 5.02 Å². The van der Waals surface area contributed by atoms with Crippen molar-refractivity contribution in [3.05, 3.63) is 125 Å². The quantitative estimate of drug-likeness (QED) is 0.226. The van der Waals surface area contributed by atoms with Gasteiger partial charge in [0.05, 0.1) is 34.6 Å². The molecule has 2 heterocycles. The summed E-state index contributed by atoms with van der Waals surface area (Å²) in [6, 6.07) is 21.7. The van der Waals surface area contributed by atoms with E-state index in [1.807, 2.05) is 79.7 Å². The average Bonchev–Trinajstić information content (AvgIpc) is 3.26. The fourth-order valence-corrected chi connectivity index (χ4v) is 6.00. The van der Waals surface area contributed by atoms with Crippen LogP contribution in [0.25, 0.3) is 6.08 Å². The summed E-state index contributed by atoms with van der Waals surface area (Å²) in [5, 5.41) is 0.638. The molecule has 1 aliphatic heterocycles. The predicted molar refractivity (Wildman–Crippen MR) is 165 cm³/mol. The first kappa shape index (κ1) is 29.4. The minimum absolute atomic E-state index is 0.260. The van der Waals surface area contributed by atoms with Crippen LogP contribution in [-0.4, -0.2) is 23.2 Å². The Morgan fingerprint density at radius 3 is 2.55 bits per heavy atom. The number of allylic oxidation sites excluding steroid dienone is 1. The van der Waals surface area contributed by atoms with Crippen LogP contribution in [0.15, 0.2) is 93.9 Å². The molecule has 0 unspecified atom stereocenters. The van der Waals surface area contributed by atoms with E-state index in [0.29, 0.717) is 50.3 Å². The summed E-state index contributed by atoms with van der Waals surface area (Å²) < 4.78 is 19.4. The lowest BCUT2D eigenvalue weighted by Gasteiger charge is -2.25. The number of thiazole rings is 1. The number of para-hydroxylation sites is 1. The molecule has 4 aromatic rings.